The molecule has 0 radical (unpaired) electrons. The van der Waals surface area contributed by atoms with Crippen LogP contribution in [0.1, 0.15) is 70.4 Å². The number of aromatic nitrogens is 2. The van der Waals surface area contributed by atoms with Gasteiger partial charge in [-0.1, -0.05) is 72.8 Å². The zero-order chi connectivity index (χ0) is 26.9. The zero-order valence-corrected chi connectivity index (χ0v) is 22.8. The van der Waals surface area contributed by atoms with Gasteiger partial charge < -0.3 is 4.74 Å². The monoisotopic (exact) mass is 522 g/mol. The van der Waals surface area contributed by atoms with Crippen molar-refractivity contribution in [3.05, 3.63) is 128 Å². The largest absolute Gasteiger partial charge is 0.456 e. The fraction of sp³-hybridized carbons (Fsp3) is 0.219. The molecule has 5 rings (SSSR count). The summed E-state index contributed by atoms with van der Waals surface area (Å²) in [6, 6.07) is 24.0. The van der Waals surface area contributed by atoms with Crippen molar-refractivity contribution in [1.29, 1.82) is 0 Å². The Balaban J connectivity index is 1.60. The highest BCUT2D eigenvalue weighted by Crippen LogP contribution is 2.41. The van der Waals surface area contributed by atoms with Crippen LogP contribution in [-0.2, 0) is 11.3 Å². The van der Waals surface area contributed by atoms with Gasteiger partial charge in [-0.25, -0.2) is 9.59 Å². The van der Waals surface area contributed by atoms with E-state index in [1.54, 1.807) is 16.7 Å². The van der Waals surface area contributed by atoms with Gasteiger partial charge >= 0.3 is 11.7 Å². The SMILES string of the molecule is CSc1nc(=O)n(Cc2cccc(C(=O)OC(C)(C)C)c2)cc1C1c2ccccc2C=Cc2ccccc21. The van der Waals surface area contributed by atoms with Crippen LogP contribution in [0, 0.1) is 0 Å². The number of ether oxygens (including phenoxy) is 1. The van der Waals surface area contributed by atoms with E-state index in [9.17, 15) is 9.59 Å². The topological polar surface area (TPSA) is 61.2 Å². The lowest BCUT2D eigenvalue weighted by Gasteiger charge is -2.23. The third-order valence-electron chi connectivity index (χ3n) is 6.46. The Bertz CT molecular complexity index is 1550. The highest BCUT2D eigenvalue weighted by atomic mass is 32.2. The lowest BCUT2D eigenvalue weighted by Crippen LogP contribution is -2.26. The van der Waals surface area contributed by atoms with E-state index in [1.807, 2.05) is 57.5 Å². The predicted octanol–water partition coefficient (Wildman–Crippen LogP) is 6.63. The molecule has 0 saturated carbocycles. The average Bonchev–Trinajstić information content (AvgIpc) is 3.06. The molecule has 0 atom stereocenters. The Hall–Kier alpha value is -3.90. The molecule has 1 heterocycles. The molecule has 4 aromatic rings. The van der Waals surface area contributed by atoms with Crippen molar-refractivity contribution >= 4 is 29.9 Å². The number of thioether (sulfide) groups is 1. The van der Waals surface area contributed by atoms with Gasteiger partial charge in [0, 0.05) is 17.7 Å². The minimum absolute atomic E-state index is 0.0905. The van der Waals surface area contributed by atoms with Gasteiger partial charge in [0.15, 0.2) is 0 Å². The molecule has 0 N–H and O–H groups in total. The maximum absolute atomic E-state index is 13.1. The Kier molecular flexibility index (Phi) is 7.09. The average molecular weight is 523 g/mol. The molecule has 3 aromatic carbocycles. The number of esters is 1. The van der Waals surface area contributed by atoms with Crippen LogP contribution < -0.4 is 5.69 Å². The Morgan fingerprint density at radius 1 is 0.921 bits per heavy atom. The number of fused-ring (bicyclic) bond motifs is 2. The van der Waals surface area contributed by atoms with Crippen LogP contribution in [0.5, 0.6) is 0 Å². The molecule has 0 spiro atoms. The summed E-state index contributed by atoms with van der Waals surface area (Å²) in [5, 5.41) is 0.713. The summed E-state index contributed by atoms with van der Waals surface area (Å²) in [5.41, 5.74) is 5.97. The summed E-state index contributed by atoms with van der Waals surface area (Å²) in [4.78, 5) is 30.3. The Morgan fingerprint density at radius 2 is 1.55 bits per heavy atom. The molecule has 38 heavy (non-hydrogen) atoms. The number of nitrogens with zero attached hydrogens (tertiary/aromatic N) is 2. The van der Waals surface area contributed by atoms with E-state index in [-0.39, 0.29) is 17.6 Å². The van der Waals surface area contributed by atoms with E-state index in [0.29, 0.717) is 17.1 Å². The van der Waals surface area contributed by atoms with Crippen LogP contribution in [0.15, 0.2) is 88.8 Å². The van der Waals surface area contributed by atoms with Gasteiger partial charge in [-0.3, -0.25) is 4.57 Å². The van der Waals surface area contributed by atoms with Gasteiger partial charge in [-0.05, 0) is 67.0 Å². The van der Waals surface area contributed by atoms with Crippen molar-refractivity contribution in [2.45, 2.75) is 43.9 Å². The third kappa shape index (κ3) is 5.36. The molecule has 6 heteroatoms. The minimum Gasteiger partial charge on any atom is -0.456 e. The normalized spacial score (nSPS) is 12.9. The van der Waals surface area contributed by atoms with Crippen molar-refractivity contribution in [3.8, 4) is 0 Å². The van der Waals surface area contributed by atoms with Crippen LogP contribution >= 0.6 is 11.8 Å². The van der Waals surface area contributed by atoms with E-state index in [4.69, 9.17) is 4.74 Å². The molecule has 5 nitrogen and oxygen atoms in total. The van der Waals surface area contributed by atoms with Gasteiger partial charge in [0.1, 0.15) is 10.6 Å². The lowest BCUT2D eigenvalue weighted by molar-refractivity contribution is 0.00694. The predicted molar refractivity (Wildman–Crippen MR) is 154 cm³/mol. The molecule has 1 aliphatic rings. The standard InChI is InChI=1S/C32H30N2O3S/c1-32(2,3)37-30(35)24-13-9-10-21(18-24)19-34-20-27(29(38-4)33-31(34)36)28-25-14-7-5-11-22(25)16-17-23-12-6-8-15-26(23)28/h5-18,20,28H,19H2,1-4H3. The molecule has 0 fully saturated rings. The molecule has 0 aliphatic heterocycles. The van der Waals surface area contributed by atoms with Crippen LogP contribution in [0.4, 0.5) is 0 Å². The first kappa shape index (κ1) is 25.7. The number of hydrogen-bond acceptors (Lipinski definition) is 5. The molecule has 0 amide bonds. The molecular formula is C32H30N2O3S. The minimum atomic E-state index is -0.587. The summed E-state index contributed by atoms with van der Waals surface area (Å²) in [5.74, 6) is -0.477. The van der Waals surface area contributed by atoms with Crippen LogP contribution in [0.3, 0.4) is 0 Å². The highest BCUT2D eigenvalue weighted by molar-refractivity contribution is 7.98. The van der Waals surface area contributed by atoms with Crippen molar-refractivity contribution in [2.24, 2.45) is 0 Å². The van der Waals surface area contributed by atoms with Gasteiger partial charge in [0.25, 0.3) is 0 Å². The second-order valence-electron chi connectivity index (χ2n) is 10.3. The van der Waals surface area contributed by atoms with Crippen molar-refractivity contribution < 1.29 is 9.53 Å². The lowest BCUT2D eigenvalue weighted by atomic mass is 9.83. The summed E-state index contributed by atoms with van der Waals surface area (Å²) in [6.07, 6.45) is 8.19. The number of carbonyl (C=O) groups excluding carboxylic acids is 1. The first-order chi connectivity index (χ1) is 18.2. The molecule has 1 aliphatic carbocycles. The van der Waals surface area contributed by atoms with Crippen LogP contribution in [-0.4, -0.2) is 27.4 Å². The van der Waals surface area contributed by atoms with E-state index in [1.165, 1.54) is 22.9 Å². The van der Waals surface area contributed by atoms with E-state index in [2.05, 4.69) is 53.5 Å². The molecule has 1 aromatic heterocycles. The first-order valence-electron chi connectivity index (χ1n) is 12.6. The smallest absolute Gasteiger partial charge is 0.348 e. The Labute approximate surface area is 227 Å². The van der Waals surface area contributed by atoms with Gasteiger partial charge in [0.05, 0.1) is 12.1 Å². The summed E-state index contributed by atoms with van der Waals surface area (Å²) >= 11 is 1.48. The summed E-state index contributed by atoms with van der Waals surface area (Å²) in [6.45, 7) is 5.81. The van der Waals surface area contributed by atoms with Crippen LogP contribution in [0.2, 0.25) is 0 Å². The number of rotatable bonds is 5. The van der Waals surface area contributed by atoms with Gasteiger partial charge in [-0.2, -0.15) is 4.98 Å². The second kappa shape index (κ2) is 10.5. The fourth-order valence-corrected chi connectivity index (χ4v) is 5.41. The number of hydrogen-bond donors (Lipinski definition) is 0. The molecular weight excluding hydrogens is 492 g/mol. The zero-order valence-electron chi connectivity index (χ0n) is 22.0. The maximum Gasteiger partial charge on any atom is 0.348 e. The van der Waals surface area contributed by atoms with Gasteiger partial charge in [0.2, 0.25) is 0 Å². The Morgan fingerprint density at radius 3 is 2.16 bits per heavy atom. The highest BCUT2D eigenvalue weighted by Gasteiger charge is 2.27. The number of carbonyl (C=O) groups is 1. The molecule has 0 unspecified atom stereocenters. The third-order valence-corrected chi connectivity index (χ3v) is 7.17. The molecule has 0 bridgehead atoms. The molecule has 0 saturated heterocycles. The van der Waals surface area contributed by atoms with Crippen molar-refractivity contribution in [1.82, 2.24) is 9.55 Å². The molecule has 192 valence electrons. The second-order valence-corrected chi connectivity index (χ2v) is 11.1. The first-order valence-corrected chi connectivity index (χ1v) is 13.8. The van der Waals surface area contributed by atoms with E-state index >= 15 is 0 Å². The summed E-state index contributed by atoms with van der Waals surface area (Å²) in [7, 11) is 0. The van der Waals surface area contributed by atoms with E-state index < -0.39 is 5.60 Å². The van der Waals surface area contributed by atoms with Crippen LogP contribution in [0.25, 0.3) is 12.2 Å². The van der Waals surface area contributed by atoms with Gasteiger partial charge in [-0.15, -0.1) is 11.8 Å². The maximum atomic E-state index is 13.1. The number of benzene rings is 3. The fourth-order valence-electron chi connectivity index (χ4n) is 4.83. The van der Waals surface area contributed by atoms with Crippen molar-refractivity contribution in [3.63, 3.8) is 0 Å². The van der Waals surface area contributed by atoms with Crippen molar-refractivity contribution in [2.75, 3.05) is 6.26 Å². The summed E-state index contributed by atoms with van der Waals surface area (Å²) < 4.78 is 7.16. The quantitative estimate of drug-likeness (QED) is 0.147. The van der Waals surface area contributed by atoms with E-state index in [0.717, 1.165) is 22.3 Å².